The van der Waals surface area contributed by atoms with Gasteiger partial charge >= 0.3 is 0 Å². The van der Waals surface area contributed by atoms with Gasteiger partial charge < -0.3 is 14.8 Å². The second-order valence-electron chi connectivity index (χ2n) is 6.03. The molecule has 0 aromatic carbocycles. The standard InChI is InChI=1S/C16H18N4O2S2.ClH/c17-16(5-1-2-6-16)15-18-14(22-20-15)10-23-9-11-8-12(21-19-11)13-4-3-7-24-13;/h3-4,7-8H,1-2,5-6,9-10,17H2;1H. The second kappa shape index (κ2) is 7.90. The fourth-order valence-corrected chi connectivity index (χ4v) is 4.32. The quantitative estimate of drug-likeness (QED) is 0.659. The van der Waals surface area contributed by atoms with Gasteiger partial charge in [0.2, 0.25) is 5.89 Å². The van der Waals surface area contributed by atoms with Gasteiger partial charge in [-0.05, 0) is 24.3 Å². The molecule has 1 aliphatic carbocycles. The highest BCUT2D eigenvalue weighted by atomic mass is 35.5. The molecule has 9 heteroatoms. The largest absolute Gasteiger partial charge is 0.355 e. The number of thioether (sulfide) groups is 1. The van der Waals surface area contributed by atoms with Crippen molar-refractivity contribution in [1.82, 2.24) is 15.3 Å². The second-order valence-corrected chi connectivity index (χ2v) is 7.96. The molecule has 134 valence electrons. The lowest BCUT2D eigenvalue weighted by Crippen LogP contribution is -2.34. The number of hydrogen-bond donors (Lipinski definition) is 1. The van der Waals surface area contributed by atoms with E-state index in [9.17, 15) is 0 Å². The van der Waals surface area contributed by atoms with Crippen molar-refractivity contribution in [3.05, 3.63) is 41.0 Å². The van der Waals surface area contributed by atoms with E-state index in [2.05, 4.69) is 15.3 Å². The number of hydrogen-bond acceptors (Lipinski definition) is 8. The molecule has 1 saturated carbocycles. The summed E-state index contributed by atoms with van der Waals surface area (Å²) in [5, 5.41) is 10.2. The summed E-state index contributed by atoms with van der Waals surface area (Å²) in [7, 11) is 0. The van der Waals surface area contributed by atoms with E-state index in [1.807, 2.05) is 23.6 Å². The first kappa shape index (κ1) is 18.4. The fourth-order valence-electron chi connectivity index (χ4n) is 2.90. The predicted molar refractivity (Wildman–Crippen MR) is 101 cm³/mol. The lowest BCUT2D eigenvalue weighted by Gasteiger charge is -2.17. The molecule has 0 unspecified atom stereocenters. The Morgan fingerprint density at radius 2 is 2.04 bits per heavy atom. The van der Waals surface area contributed by atoms with E-state index >= 15 is 0 Å². The van der Waals surface area contributed by atoms with Crippen LogP contribution in [0.2, 0.25) is 0 Å². The monoisotopic (exact) mass is 398 g/mol. The highest BCUT2D eigenvalue weighted by Gasteiger charge is 2.35. The Labute approximate surface area is 160 Å². The number of aromatic nitrogens is 3. The molecule has 0 spiro atoms. The molecular weight excluding hydrogens is 380 g/mol. The summed E-state index contributed by atoms with van der Waals surface area (Å²) < 4.78 is 10.7. The number of thiophene rings is 1. The van der Waals surface area contributed by atoms with Crippen molar-refractivity contribution in [2.45, 2.75) is 42.7 Å². The van der Waals surface area contributed by atoms with Gasteiger partial charge in [0, 0.05) is 11.8 Å². The van der Waals surface area contributed by atoms with Crippen molar-refractivity contribution in [2.75, 3.05) is 0 Å². The summed E-state index contributed by atoms with van der Waals surface area (Å²) in [5.41, 5.74) is 6.87. The average Bonchev–Trinajstić information content (AvgIpc) is 3.35. The number of rotatable bonds is 6. The van der Waals surface area contributed by atoms with Crippen LogP contribution in [0.4, 0.5) is 0 Å². The van der Waals surface area contributed by atoms with Crippen LogP contribution in [-0.4, -0.2) is 15.3 Å². The van der Waals surface area contributed by atoms with Gasteiger partial charge in [-0.2, -0.15) is 4.98 Å². The molecule has 3 aromatic heterocycles. The summed E-state index contributed by atoms with van der Waals surface area (Å²) >= 11 is 3.31. The van der Waals surface area contributed by atoms with Crippen molar-refractivity contribution >= 4 is 35.5 Å². The van der Waals surface area contributed by atoms with Crippen molar-refractivity contribution in [1.29, 1.82) is 0 Å². The molecule has 0 amide bonds. The van der Waals surface area contributed by atoms with Crippen molar-refractivity contribution in [3.8, 4) is 10.6 Å². The van der Waals surface area contributed by atoms with Gasteiger partial charge in [-0.1, -0.05) is 29.2 Å². The predicted octanol–water partition coefficient (Wildman–Crippen LogP) is 4.37. The van der Waals surface area contributed by atoms with E-state index < -0.39 is 5.54 Å². The Bertz CT molecular complexity index is 797. The van der Waals surface area contributed by atoms with Gasteiger partial charge in [0.05, 0.1) is 21.9 Å². The Morgan fingerprint density at radius 3 is 2.80 bits per heavy atom. The molecule has 3 heterocycles. The van der Waals surface area contributed by atoms with Gasteiger partial charge in [0.1, 0.15) is 0 Å². The molecule has 2 N–H and O–H groups in total. The Kier molecular flexibility index (Phi) is 5.83. The first-order valence-electron chi connectivity index (χ1n) is 7.92. The van der Waals surface area contributed by atoms with Gasteiger partial charge in [-0.25, -0.2) is 0 Å². The minimum absolute atomic E-state index is 0. The van der Waals surface area contributed by atoms with E-state index in [4.69, 9.17) is 14.8 Å². The molecule has 4 rings (SSSR count). The maximum absolute atomic E-state index is 6.35. The zero-order valence-corrected chi connectivity index (χ0v) is 16.0. The SMILES string of the molecule is Cl.NC1(c2noc(CSCc3cc(-c4cccs4)on3)n2)CCCC1. The van der Waals surface area contributed by atoms with Gasteiger partial charge in [0.15, 0.2) is 11.6 Å². The maximum atomic E-state index is 6.35. The molecule has 25 heavy (non-hydrogen) atoms. The number of halogens is 1. The summed E-state index contributed by atoms with van der Waals surface area (Å²) in [6.07, 6.45) is 4.13. The Morgan fingerprint density at radius 1 is 1.20 bits per heavy atom. The minimum Gasteiger partial charge on any atom is -0.355 e. The molecule has 0 saturated heterocycles. The van der Waals surface area contributed by atoms with Crippen LogP contribution in [0.15, 0.2) is 32.6 Å². The van der Waals surface area contributed by atoms with Crippen molar-refractivity contribution in [2.24, 2.45) is 5.73 Å². The van der Waals surface area contributed by atoms with Gasteiger partial charge in [0.25, 0.3) is 0 Å². The van der Waals surface area contributed by atoms with Crippen LogP contribution >= 0.6 is 35.5 Å². The molecule has 3 aromatic rings. The van der Waals surface area contributed by atoms with E-state index in [1.165, 1.54) is 0 Å². The maximum Gasteiger partial charge on any atom is 0.236 e. The molecular formula is C16H19ClN4O2S2. The minimum atomic E-state index is -0.395. The van der Waals surface area contributed by atoms with Crippen LogP contribution in [0.3, 0.4) is 0 Å². The van der Waals surface area contributed by atoms with Crippen LogP contribution in [0.1, 0.15) is 43.1 Å². The average molecular weight is 399 g/mol. The Balaban J connectivity index is 0.00000182. The highest BCUT2D eigenvalue weighted by molar-refractivity contribution is 7.97. The molecule has 0 bridgehead atoms. The molecule has 0 radical (unpaired) electrons. The summed E-state index contributed by atoms with van der Waals surface area (Å²) in [5.74, 6) is 3.46. The van der Waals surface area contributed by atoms with E-state index in [1.54, 1.807) is 23.1 Å². The molecule has 0 aliphatic heterocycles. The molecule has 0 atom stereocenters. The zero-order valence-electron chi connectivity index (χ0n) is 13.5. The molecule has 1 aliphatic rings. The fraction of sp³-hybridized carbons (Fsp3) is 0.438. The van der Waals surface area contributed by atoms with Gasteiger partial charge in [-0.3, -0.25) is 0 Å². The smallest absolute Gasteiger partial charge is 0.236 e. The number of nitrogens with two attached hydrogens (primary N) is 1. The van der Waals surface area contributed by atoms with Crippen molar-refractivity contribution in [3.63, 3.8) is 0 Å². The summed E-state index contributed by atoms with van der Waals surface area (Å²) in [6, 6.07) is 6.00. The number of nitrogens with zero attached hydrogens (tertiary/aromatic N) is 3. The highest BCUT2D eigenvalue weighted by Crippen LogP contribution is 2.35. The lowest BCUT2D eigenvalue weighted by molar-refractivity contribution is 0.355. The van der Waals surface area contributed by atoms with Crippen LogP contribution < -0.4 is 5.73 Å². The third-order valence-corrected chi connectivity index (χ3v) is 6.04. The van der Waals surface area contributed by atoms with Crippen LogP contribution in [0.25, 0.3) is 10.6 Å². The van der Waals surface area contributed by atoms with E-state index in [-0.39, 0.29) is 12.4 Å². The zero-order chi connectivity index (χ0) is 16.4. The van der Waals surface area contributed by atoms with E-state index in [0.717, 1.165) is 47.8 Å². The van der Waals surface area contributed by atoms with Gasteiger partial charge in [-0.15, -0.1) is 35.5 Å². The third-order valence-electron chi connectivity index (χ3n) is 4.21. The summed E-state index contributed by atoms with van der Waals surface area (Å²) in [6.45, 7) is 0. The topological polar surface area (TPSA) is 91.0 Å². The first-order chi connectivity index (χ1) is 11.7. The van der Waals surface area contributed by atoms with Crippen LogP contribution in [-0.2, 0) is 17.0 Å². The first-order valence-corrected chi connectivity index (χ1v) is 9.95. The Hall–Kier alpha value is -1.35. The van der Waals surface area contributed by atoms with Crippen molar-refractivity contribution < 1.29 is 9.05 Å². The molecule has 6 nitrogen and oxygen atoms in total. The lowest BCUT2D eigenvalue weighted by atomic mass is 9.99. The molecule has 1 fully saturated rings. The summed E-state index contributed by atoms with van der Waals surface area (Å²) in [4.78, 5) is 5.56. The van der Waals surface area contributed by atoms with E-state index in [0.29, 0.717) is 17.5 Å². The third kappa shape index (κ3) is 4.08. The van der Waals surface area contributed by atoms with Crippen LogP contribution in [0.5, 0.6) is 0 Å². The van der Waals surface area contributed by atoms with Crippen LogP contribution in [0, 0.1) is 0 Å². The normalized spacial score (nSPS) is 16.0.